The van der Waals surface area contributed by atoms with Crippen LogP contribution in [0.4, 0.5) is 0 Å². The second kappa shape index (κ2) is 7.82. The van der Waals surface area contributed by atoms with E-state index in [2.05, 4.69) is 13.8 Å². The molecule has 1 heterocycles. The van der Waals surface area contributed by atoms with Crippen LogP contribution in [0.25, 0.3) is 0 Å². The van der Waals surface area contributed by atoms with Crippen molar-refractivity contribution in [1.29, 1.82) is 0 Å². The molecule has 5 heteroatoms. The Labute approximate surface area is 142 Å². The Hall–Kier alpha value is -1.55. The SMILES string of the molecule is CCC(CC)N1C(=O)[C@@H](CC(=O)O)CCC1c1ccc(Cl)cc1. The summed E-state index contributed by atoms with van der Waals surface area (Å²) in [5.41, 5.74) is 1.07. The molecule has 0 bridgehead atoms. The average molecular weight is 338 g/mol. The highest BCUT2D eigenvalue weighted by Crippen LogP contribution is 2.38. The van der Waals surface area contributed by atoms with Gasteiger partial charge in [-0.05, 0) is 43.4 Å². The second-order valence-electron chi connectivity index (χ2n) is 6.16. The standard InChI is InChI=1S/C18H24ClNO3/c1-3-15(4-2)20-16(12-5-8-14(19)9-6-12)10-7-13(18(20)23)11-17(21)22/h5-6,8-9,13,15-16H,3-4,7,10-11H2,1-2H3,(H,21,22)/t13-,16?/m1/s1. The minimum absolute atomic E-state index is 0.00899. The molecule has 0 radical (unpaired) electrons. The summed E-state index contributed by atoms with van der Waals surface area (Å²) in [6.45, 7) is 4.14. The number of amides is 1. The molecule has 1 aliphatic rings. The summed E-state index contributed by atoms with van der Waals surface area (Å²) in [6.07, 6.45) is 3.07. The number of carboxylic acid groups (broad SMARTS) is 1. The third-order valence-electron chi connectivity index (χ3n) is 4.74. The zero-order chi connectivity index (χ0) is 17.0. The van der Waals surface area contributed by atoms with E-state index in [0.717, 1.165) is 24.8 Å². The lowest BCUT2D eigenvalue weighted by molar-refractivity contribution is -0.151. The van der Waals surface area contributed by atoms with Gasteiger partial charge in [-0.3, -0.25) is 9.59 Å². The largest absolute Gasteiger partial charge is 0.481 e. The van der Waals surface area contributed by atoms with Crippen LogP contribution in [-0.2, 0) is 9.59 Å². The summed E-state index contributed by atoms with van der Waals surface area (Å²) >= 11 is 5.97. The highest BCUT2D eigenvalue weighted by atomic mass is 35.5. The van der Waals surface area contributed by atoms with E-state index < -0.39 is 11.9 Å². The minimum Gasteiger partial charge on any atom is -0.481 e. The van der Waals surface area contributed by atoms with Crippen LogP contribution in [0.2, 0.25) is 5.02 Å². The topological polar surface area (TPSA) is 57.6 Å². The van der Waals surface area contributed by atoms with Gasteiger partial charge in [0.2, 0.25) is 5.91 Å². The van der Waals surface area contributed by atoms with E-state index >= 15 is 0 Å². The van der Waals surface area contributed by atoms with Crippen LogP contribution in [0.3, 0.4) is 0 Å². The van der Waals surface area contributed by atoms with Gasteiger partial charge in [-0.1, -0.05) is 37.6 Å². The lowest BCUT2D eigenvalue weighted by Crippen LogP contribution is -2.49. The summed E-state index contributed by atoms with van der Waals surface area (Å²) in [7, 11) is 0. The number of rotatable bonds is 6. The number of carbonyl (C=O) groups excluding carboxylic acids is 1. The molecule has 23 heavy (non-hydrogen) atoms. The Balaban J connectivity index is 2.31. The van der Waals surface area contributed by atoms with Crippen molar-refractivity contribution in [2.24, 2.45) is 5.92 Å². The van der Waals surface area contributed by atoms with Crippen LogP contribution in [0.15, 0.2) is 24.3 Å². The lowest BCUT2D eigenvalue weighted by atomic mass is 9.84. The molecule has 126 valence electrons. The summed E-state index contributed by atoms with van der Waals surface area (Å²) in [6, 6.07) is 7.76. The van der Waals surface area contributed by atoms with Crippen molar-refractivity contribution in [3.63, 3.8) is 0 Å². The van der Waals surface area contributed by atoms with Crippen molar-refractivity contribution < 1.29 is 14.7 Å². The molecule has 1 aromatic carbocycles. The number of carboxylic acids is 1. The molecule has 0 saturated carbocycles. The van der Waals surface area contributed by atoms with E-state index in [1.165, 1.54) is 0 Å². The van der Waals surface area contributed by atoms with Crippen LogP contribution < -0.4 is 0 Å². The third kappa shape index (κ3) is 4.05. The number of hydrogen-bond acceptors (Lipinski definition) is 2. The van der Waals surface area contributed by atoms with Gasteiger partial charge in [0.15, 0.2) is 0 Å². The molecular weight excluding hydrogens is 314 g/mol. The van der Waals surface area contributed by atoms with E-state index in [1.54, 1.807) is 0 Å². The maximum absolute atomic E-state index is 12.9. The summed E-state index contributed by atoms with van der Waals surface area (Å²) < 4.78 is 0. The highest BCUT2D eigenvalue weighted by molar-refractivity contribution is 6.30. The smallest absolute Gasteiger partial charge is 0.304 e. The molecule has 2 rings (SSSR count). The van der Waals surface area contributed by atoms with Gasteiger partial charge in [0.25, 0.3) is 0 Å². The first-order valence-electron chi connectivity index (χ1n) is 8.27. The van der Waals surface area contributed by atoms with Crippen LogP contribution in [0.5, 0.6) is 0 Å². The maximum Gasteiger partial charge on any atom is 0.304 e. The van der Waals surface area contributed by atoms with Crippen molar-refractivity contribution in [3.8, 4) is 0 Å². The zero-order valence-electron chi connectivity index (χ0n) is 13.7. The summed E-state index contributed by atoms with van der Waals surface area (Å²) in [5, 5.41) is 9.73. The van der Waals surface area contributed by atoms with Crippen molar-refractivity contribution >= 4 is 23.5 Å². The Morgan fingerprint density at radius 3 is 2.39 bits per heavy atom. The van der Waals surface area contributed by atoms with Gasteiger partial charge in [-0.25, -0.2) is 0 Å². The first kappa shape index (κ1) is 17.8. The number of carbonyl (C=O) groups is 2. The predicted octanol–water partition coefficient (Wildman–Crippen LogP) is 4.28. The monoisotopic (exact) mass is 337 g/mol. The fourth-order valence-electron chi connectivity index (χ4n) is 3.51. The Bertz CT molecular complexity index is 554. The molecule has 1 fully saturated rings. The van der Waals surface area contributed by atoms with Crippen molar-refractivity contribution in [2.45, 2.75) is 58.0 Å². The molecule has 0 spiro atoms. The maximum atomic E-state index is 12.9. The molecule has 1 N–H and O–H groups in total. The van der Waals surface area contributed by atoms with E-state index in [9.17, 15) is 9.59 Å². The van der Waals surface area contributed by atoms with Crippen molar-refractivity contribution in [1.82, 2.24) is 4.90 Å². The summed E-state index contributed by atoms with van der Waals surface area (Å²) in [4.78, 5) is 25.9. The average Bonchev–Trinajstić information content (AvgIpc) is 2.52. The predicted molar refractivity (Wildman–Crippen MR) is 90.4 cm³/mol. The molecule has 4 nitrogen and oxygen atoms in total. The van der Waals surface area contributed by atoms with Crippen molar-refractivity contribution in [2.75, 3.05) is 0 Å². The Kier molecular flexibility index (Phi) is 6.05. The minimum atomic E-state index is -0.905. The molecule has 1 aromatic rings. The second-order valence-corrected chi connectivity index (χ2v) is 6.59. The van der Waals surface area contributed by atoms with E-state index in [-0.39, 0.29) is 24.4 Å². The molecule has 2 atom stereocenters. The first-order chi connectivity index (χ1) is 11.0. The molecule has 0 aromatic heterocycles. The Morgan fingerprint density at radius 2 is 1.87 bits per heavy atom. The number of hydrogen-bond donors (Lipinski definition) is 1. The number of piperidine rings is 1. The third-order valence-corrected chi connectivity index (χ3v) is 4.99. The van der Waals surface area contributed by atoms with Crippen LogP contribution in [0, 0.1) is 5.92 Å². The normalized spacial score (nSPS) is 21.7. The number of likely N-dealkylation sites (tertiary alicyclic amines) is 1. The first-order valence-corrected chi connectivity index (χ1v) is 8.65. The van der Waals surface area contributed by atoms with Gasteiger partial charge in [0.05, 0.1) is 12.5 Å². The van der Waals surface area contributed by atoms with Gasteiger partial charge in [-0.2, -0.15) is 0 Å². The molecule has 1 saturated heterocycles. The van der Waals surface area contributed by atoms with Gasteiger partial charge in [0, 0.05) is 17.0 Å². The van der Waals surface area contributed by atoms with E-state index in [1.807, 2.05) is 29.2 Å². The lowest BCUT2D eigenvalue weighted by Gasteiger charge is -2.43. The molecule has 0 aliphatic carbocycles. The molecule has 1 aliphatic heterocycles. The van der Waals surface area contributed by atoms with Crippen LogP contribution in [0.1, 0.15) is 57.6 Å². The highest BCUT2D eigenvalue weighted by Gasteiger charge is 2.39. The fourth-order valence-corrected chi connectivity index (χ4v) is 3.64. The number of aliphatic carboxylic acids is 1. The zero-order valence-corrected chi connectivity index (χ0v) is 14.4. The van der Waals surface area contributed by atoms with E-state index in [0.29, 0.717) is 11.4 Å². The van der Waals surface area contributed by atoms with Gasteiger partial charge >= 0.3 is 5.97 Å². The quantitative estimate of drug-likeness (QED) is 0.842. The van der Waals surface area contributed by atoms with Crippen molar-refractivity contribution in [3.05, 3.63) is 34.9 Å². The number of halogens is 1. The van der Waals surface area contributed by atoms with Gasteiger partial charge in [0.1, 0.15) is 0 Å². The van der Waals surface area contributed by atoms with Crippen LogP contribution in [-0.4, -0.2) is 27.9 Å². The van der Waals surface area contributed by atoms with Gasteiger partial charge in [-0.15, -0.1) is 0 Å². The van der Waals surface area contributed by atoms with Crippen LogP contribution >= 0.6 is 11.6 Å². The van der Waals surface area contributed by atoms with Gasteiger partial charge < -0.3 is 10.0 Å². The number of benzene rings is 1. The fraction of sp³-hybridized carbons (Fsp3) is 0.556. The Morgan fingerprint density at radius 1 is 1.26 bits per heavy atom. The number of nitrogens with zero attached hydrogens (tertiary/aromatic N) is 1. The molecular formula is C18H24ClNO3. The molecule has 1 amide bonds. The molecule has 1 unspecified atom stereocenters. The van der Waals surface area contributed by atoms with E-state index in [4.69, 9.17) is 16.7 Å². The summed E-state index contributed by atoms with van der Waals surface area (Å²) in [5.74, 6) is -1.33.